The minimum Gasteiger partial charge on any atom is -0.466 e. The first-order chi connectivity index (χ1) is 7.09. The lowest BCUT2D eigenvalue weighted by Gasteiger charge is -2.26. The first kappa shape index (κ1) is 12.3. The van der Waals surface area contributed by atoms with Crippen LogP contribution in [0.1, 0.15) is 46.5 Å². The largest absolute Gasteiger partial charge is 0.466 e. The van der Waals surface area contributed by atoms with Gasteiger partial charge in [-0.05, 0) is 44.4 Å². The van der Waals surface area contributed by atoms with Crippen LogP contribution >= 0.6 is 0 Å². The highest BCUT2D eigenvalue weighted by Crippen LogP contribution is 2.30. The number of allylic oxidation sites excluding steroid dienone is 2. The molecule has 0 fully saturated rings. The van der Waals surface area contributed by atoms with Crippen molar-refractivity contribution in [3.8, 4) is 0 Å². The van der Waals surface area contributed by atoms with Crippen molar-refractivity contribution >= 4 is 5.97 Å². The zero-order valence-corrected chi connectivity index (χ0v) is 10.1. The fourth-order valence-electron chi connectivity index (χ4n) is 2.13. The van der Waals surface area contributed by atoms with E-state index in [9.17, 15) is 4.79 Å². The van der Waals surface area contributed by atoms with E-state index in [4.69, 9.17) is 4.74 Å². The minimum absolute atomic E-state index is 0.165. The lowest BCUT2D eigenvalue weighted by molar-refractivity contribution is -0.141. The summed E-state index contributed by atoms with van der Waals surface area (Å²) in [6.07, 6.45) is 7.09. The third-order valence-electron chi connectivity index (χ3n) is 3.36. The minimum atomic E-state index is -0.165. The van der Waals surface area contributed by atoms with Crippen LogP contribution in [0, 0.1) is 11.8 Å². The van der Waals surface area contributed by atoms with E-state index < -0.39 is 0 Å². The molecule has 1 aliphatic carbocycles. The van der Waals surface area contributed by atoms with E-state index in [1.165, 1.54) is 31.8 Å². The Hall–Kier alpha value is -0.790. The molecular weight excluding hydrogens is 188 g/mol. The number of esters is 1. The number of hydrogen-bond donors (Lipinski definition) is 0. The van der Waals surface area contributed by atoms with Gasteiger partial charge in [0, 0.05) is 6.92 Å². The van der Waals surface area contributed by atoms with Crippen molar-refractivity contribution in [2.45, 2.75) is 46.5 Å². The Bertz CT molecular complexity index is 243. The highest BCUT2D eigenvalue weighted by molar-refractivity contribution is 5.65. The van der Waals surface area contributed by atoms with E-state index in [2.05, 4.69) is 19.9 Å². The van der Waals surface area contributed by atoms with Gasteiger partial charge < -0.3 is 4.74 Å². The second kappa shape index (κ2) is 5.94. The number of carbonyl (C=O) groups is 1. The van der Waals surface area contributed by atoms with E-state index >= 15 is 0 Å². The molecule has 1 rings (SSSR count). The van der Waals surface area contributed by atoms with Gasteiger partial charge in [0.25, 0.3) is 0 Å². The summed E-state index contributed by atoms with van der Waals surface area (Å²) in [5.41, 5.74) is 1.53. The highest BCUT2D eigenvalue weighted by atomic mass is 16.5. The van der Waals surface area contributed by atoms with Crippen LogP contribution in [-0.2, 0) is 9.53 Å². The van der Waals surface area contributed by atoms with Crippen LogP contribution in [0.15, 0.2) is 11.6 Å². The van der Waals surface area contributed by atoms with Gasteiger partial charge in [-0.25, -0.2) is 0 Å². The first-order valence-electron chi connectivity index (χ1n) is 5.88. The Balaban J connectivity index is 2.22. The summed E-state index contributed by atoms with van der Waals surface area (Å²) in [5, 5.41) is 0. The summed E-state index contributed by atoms with van der Waals surface area (Å²) in [6, 6.07) is 0. The molecule has 15 heavy (non-hydrogen) atoms. The van der Waals surface area contributed by atoms with Gasteiger partial charge in [-0.3, -0.25) is 4.79 Å². The fraction of sp³-hybridized carbons (Fsp3) is 0.769. The van der Waals surface area contributed by atoms with Crippen LogP contribution in [0.5, 0.6) is 0 Å². The summed E-state index contributed by atoms with van der Waals surface area (Å²) in [5.74, 6) is 1.28. The maximum atomic E-state index is 10.6. The maximum absolute atomic E-state index is 10.6. The van der Waals surface area contributed by atoms with Gasteiger partial charge in [-0.15, -0.1) is 0 Å². The molecule has 0 amide bonds. The van der Waals surface area contributed by atoms with Crippen LogP contribution in [0.3, 0.4) is 0 Å². The zero-order chi connectivity index (χ0) is 11.3. The molecule has 0 aromatic carbocycles. The molecular formula is C13H22O2. The summed E-state index contributed by atoms with van der Waals surface area (Å²) in [4.78, 5) is 10.6. The van der Waals surface area contributed by atoms with E-state index in [1.54, 1.807) is 0 Å². The molecule has 0 bridgehead atoms. The number of rotatable bonds is 4. The average Bonchev–Trinajstić information content (AvgIpc) is 2.18. The van der Waals surface area contributed by atoms with Gasteiger partial charge >= 0.3 is 5.97 Å². The number of ether oxygens (including phenoxy) is 1. The van der Waals surface area contributed by atoms with Crippen molar-refractivity contribution in [1.29, 1.82) is 0 Å². The van der Waals surface area contributed by atoms with Crippen molar-refractivity contribution in [3.63, 3.8) is 0 Å². The Morgan fingerprint density at radius 3 is 2.93 bits per heavy atom. The summed E-state index contributed by atoms with van der Waals surface area (Å²) >= 11 is 0. The molecule has 0 aromatic rings. The molecule has 0 radical (unpaired) electrons. The van der Waals surface area contributed by atoms with E-state index in [0.717, 1.165) is 12.3 Å². The lowest BCUT2D eigenvalue weighted by Crippen LogP contribution is -2.16. The first-order valence-corrected chi connectivity index (χ1v) is 5.88. The van der Waals surface area contributed by atoms with Gasteiger partial charge in [0.15, 0.2) is 0 Å². The average molecular weight is 210 g/mol. The van der Waals surface area contributed by atoms with Crippen LogP contribution in [0.25, 0.3) is 0 Å². The number of carbonyl (C=O) groups excluding carboxylic acids is 1. The Morgan fingerprint density at radius 1 is 1.67 bits per heavy atom. The van der Waals surface area contributed by atoms with Gasteiger partial charge in [0.2, 0.25) is 0 Å². The van der Waals surface area contributed by atoms with Crippen LogP contribution in [-0.4, -0.2) is 12.6 Å². The molecule has 0 spiro atoms. The summed E-state index contributed by atoms with van der Waals surface area (Å²) in [6.45, 7) is 6.52. The molecule has 2 atom stereocenters. The van der Waals surface area contributed by atoms with E-state index in [-0.39, 0.29) is 5.97 Å². The molecule has 0 heterocycles. The summed E-state index contributed by atoms with van der Waals surface area (Å²) < 4.78 is 4.97. The van der Waals surface area contributed by atoms with Crippen LogP contribution in [0.4, 0.5) is 0 Å². The lowest BCUT2D eigenvalue weighted by atomic mass is 9.80. The Kier molecular flexibility index (Phi) is 4.86. The molecule has 2 unspecified atom stereocenters. The topological polar surface area (TPSA) is 26.3 Å². The van der Waals surface area contributed by atoms with Crippen molar-refractivity contribution in [2.75, 3.05) is 6.61 Å². The number of hydrogen-bond acceptors (Lipinski definition) is 2. The molecule has 0 saturated carbocycles. The van der Waals surface area contributed by atoms with Crippen molar-refractivity contribution in [3.05, 3.63) is 11.6 Å². The quantitative estimate of drug-likeness (QED) is 0.525. The monoisotopic (exact) mass is 210 g/mol. The smallest absolute Gasteiger partial charge is 0.302 e. The molecule has 0 saturated heterocycles. The standard InChI is InChI=1S/C13H22O2/c1-10-4-6-13(7-5-10)11(2)8-9-15-12(3)14/h4,11,13H,5-9H2,1-3H3. The molecule has 1 aliphatic rings. The second-order valence-electron chi connectivity index (χ2n) is 4.69. The highest BCUT2D eigenvalue weighted by Gasteiger charge is 2.19. The zero-order valence-electron chi connectivity index (χ0n) is 10.1. The normalized spacial score (nSPS) is 23.1. The van der Waals surface area contributed by atoms with Gasteiger partial charge in [-0.2, -0.15) is 0 Å². The third-order valence-corrected chi connectivity index (χ3v) is 3.36. The SMILES string of the molecule is CC(=O)OCCC(C)C1CC=C(C)CC1. The van der Waals surface area contributed by atoms with Crippen LogP contribution < -0.4 is 0 Å². The molecule has 2 heteroatoms. The third kappa shape index (κ3) is 4.50. The van der Waals surface area contributed by atoms with Crippen LogP contribution in [0.2, 0.25) is 0 Å². The van der Waals surface area contributed by atoms with Gasteiger partial charge in [0.05, 0.1) is 6.61 Å². The second-order valence-corrected chi connectivity index (χ2v) is 4.69. The van der Waals surface area contributed by atoms with Crippen molar-refractivity contribution in [1.82, 2.24) is 0 Å². The van der Waals surface area contributed by atoms with E-state index in [1.807, 2.05) is 0 Å². The predicted molar refractivity (Wildman–Crippen MR) is 61.5 cm³/mol. The maximum Gasteiger partial charge on any atom is 0.302 e. The van der Waals surface area contributed by atoms with E-state index in [0.29, 0.717) is 12.5 Å². The Labute approximate surface area is 92.7 Å². The Morgan fingerprint density at radius 2 is 2.40 bits per heavy atom. The fourth-order valence-corrected chi connectivity index (χ4v) is 2.13. The molecule has 0 N–H and O–H groups in total. The molecule has 2 nitrogen and oxygen atoms in total. The predicted octanol–water partition coefficient (Wildman–Crippen LogP) is 3.32. The van der Waals surface area contributed by atoms with Crippen molar-refractivity contribution < 1.29 is 9.53 Å². The molecule has 86 valence electrons. The molecule has 0 aromatic heterocycles. The van der Waals surface area contributed by atoms with Gasteiger partial charge in [-0.1, -0.05) is 18.6 Å². The molecule has 0 aliphatic heterocycles. The van der Waals surface area contributed by atoms with Crippen molar-refractivity contribution in [2.24, 2.45) is 11.8 Å². The summed E-state index contributed by atoms with van der Waals surface area (Å²) in [7, 11) is 0. The van der Waals surface area contributed by atoms with Gasteiger partial charge in [0.1, 0.15) is 0 Å².